The molecule has 0 fully saturated rings. The van der Waals surface area contributed by atoms with Crippen molar-refractivity contribution in [1.29, 1.82) is 0 Å². The molecule has 0 aliphatic heterocycles. The molecule has 0 radical (unpaired) electrons. The summed E-state index contributed by atoms with van der Waals surface area (Å²) in [5.41, 5.74) is 0. The van der Waals surface area contributed by atoms with Crippen LogP contribution in [0, 0.1) is 0 Å². The zero-order chi connectivity index (χ0) is 11.9. The second kappa shape index (κ2) is 7.40. The summed E-state index contributed by atoms with van der Waals surface area (Å²) in [5, 5.41) is 0. The van der Waals surface area contributed by atoms with Crippen LogP contribution in [-0.2, 0) is 8.85 Å². The molecule has 1 unspecified atom stereocenters. The molecule has 0 aliphatic rings. The molecule has 0 saturated carbocycles. The first-order chi connectivity index (χ1) is 7.05. The lowest BCUT2D eigenvalue weighted by Crippen LogP contribution is -2.39. The van der Waals surface area contributed by atoms with Gasteiger partial charge in [0, 0.05) is 15.6 Å². The van der Waals surface area contributed by atoms with Gasteiger partial charge in [0.15, 0.2) is 0 Å². The van der Waals surface area contributed by atoms with Gasteiger partial charge in [0.25, 0.3) is 0 Å². The average molecular weight is 220 g/mol. The summed E-state index contributed by atoms with van der Waals surface area (Å²) < 4.78 is 19.0. The van der Waals surface area contributed by atoms with Gasteiger partial charge in [0.2, 0.25) is 0 Å². The lowest BCUT2D eigenvalue weighted by Gasteiger charge is -2.26. The third kappa shape index (κ3) is 4.55. The Kier molecular flexibility index (Phi) is 6.43. The normalized spacial score (nSPS) is 15.7. The Hall–Kier alpha value is 0.0969. The van der Waals surface area contributed by atoms with Gasteiger partial charge in [-0.1, -0.05) is 13.8 Å². The van der Waals surface area contributed by atoms with Crippen molar-refractivity contribution in [3.05, 3.63) is 0 Å². The summed E-state index contributed by atoms with van der Waals surface area (Å²) in [6.45, 7) is 4.94. The van der Waals surface area contributed by atoms with Crippen LogP contribution in [0.3, 0.4) is 0 Å². The summed E-state index contributed by atoms with van der Waals surface area (Å²) in [6.07, 6.45) is 0.825. The second-order valence-electron chi connectivity index (χ2n) is 3.47. The van der Waals surface area contributed by atoms with E-state index in [1.165, 1.54) is 0 Å². The Bertz CT molecular complexity index is 159. The maximum Gasteiger partial charge on any atom is 0.337 e. The van der Waals surface area contributed by atoms with Gasteiger partial charge in [0.05, 0.1) is 0 Å². The van der Waals surface area contributed by atoms with E-state index >= 15 is 0 Å². The molecule has 4 heteroatoms. The second-order valence-corrected chi connectivity index (χ2v) is 7.31. The third-order valence-corrected chi connectivity index (χ3v) is 6.36. The molecule has 0 aromatic heterocycles. The van der Waals surface area contributed by atoms with Crippen LogP contribution in [0.15, 0.2) is 0 Å². The van der Waals surface area contributed by atoms with Crippen molar-refractivity contribution in [1.82, 2.24) is 4.90 Å². The Morgan fingerprint density at radius 1 is 1.29 bits per heavy atom. The van der Waals surface area contributed by atoms with Crippen LogP contribution in [0.2, 0.25) is 12.1 Å². The van der Waals surface area contributed by atoms with E-state index in [9.17, 15) is 0 Å². The largest absolute Gasteiger partial charge is 0.398 e. The van der Waals surface area contributed by atoms with E-state index in [1.807, 2.05) is 11.9 Å². The maximum atomic E-state index is 7.92. The monoisotopic (exact) mass is 220 g/mol. The zero-order valence-electron chi connectivity index (χ0n) is 11.2. The van der Waals surface area contributed by atoms with Crippen LogP contribution in [0.1, 0.15) is 21.6 Å². The van der Waals surface area contributed by atoms with Crippen molar-refractivity contribution in [2.75, 3.05) is 34.3 Å². The number of rotatable bonds is 8. The van der Waals surface area contributed by atoms with Gasteiger partial charge in [-0.05, 0) is 38.6 Å². The molecule has 0 aromatic carbocycles. The van der Waals surface area contributed by atoms with Gasteiger partial charge in [-0.2, -0.15) is 0 Å². The fourth-order valence-corrected chi connectivity index (χ4v) is 3.46. The van der Waals surface area contributed by atoms with Gasteiger partial charge < -0.3 is 13.8 Å². The topological polar surface area (TPSA) is 21.7 Å². The lowest BCUT2D eigenvalue weighted by atomic mass is 10.4. The summed E-state index contributed by atoms with van der Waals surface area (Å²) in [5.74, 6) is 0. The van der Waals surface area contributed by atoms with Gasteiger partial charge in [-0.3, -0.25) is 0 Å². The van der Waals surface area contributed by atoms with E-state index in [0.717, 1.165) is 25.1 Å². The molecule has 0 saturated heterocycles. The molecule has 86 valence electrons. The zero-order valence-corrected chi connectivity index (χ0v) is 11.2. The van der Waals surface area contributed by atoms with E-state index < -0.39 is 8.56 Å². The molecule has 0 aliphatic carbocycles. The van der Waals surface area contributed by atoms with Crippen LogP contribution < -0.4 is 0 Å². The van der Waals surface area contributed by atoms with E-state index in [4.69, 9.17) is 10.2 Å². The van der Waals surface area contributed by atoms with Crippen molar-refractivity contribution in [3.8, 4) is 0 Å². The van der Waals surface area contributed by atoms with Crippen molar-refractivity contribution < 1.29 is 10.2 Å². The Balaban J connectivity index is 4.10. The maximum absolute atomic E-state index is 7.92. The van der Waals surface area contributed by atoms with Gasteiger partial charge in [-0.15, -0.1) is 0 Å². The molecule has 3 nitrogen and oxygen atoms in total. The minimum atomic E-state index is -1.99. The van der Waals surface area contributed by atoms with Crippen LogP contribution in [0.25, 0.3) is 0 Å². The molecule has 0 heterocycles. The number of nitrogens with zero attached hydrogens (tertiary/aromatic N) is 1. The van der Waals surface area contributed by atoms with Crippen LogP contribution >= 0.6 is 0 Å². The van der Waals surface area contributed by atoms with E-state index in [-0.39, 0.29) is 6.52 Å². The van der Waals surface area contributed by atoms with Gasteiger partial charge >= 0.3 is 8.56 Å². The molecule has 0 bridgehead atoms. The van der Waals surface area contributed by atoms with Crippen LogP contribution in [0.4, 0.5) is 0 Å². The summed E-state index contributed by atoms with van der Waals surface area (Å²) >= 11 is 0. The highest BCUT2D eigenvalue weighted by molar-refractivity contribution is 6.67. The smallest absolute Gasteiger partial charge is 0.337 e. The van der Waals surface area contributed by atoms with E-state index in [0.29, 0.717) is 0 Å². The van der Waals surface area contributed by atoms with Gasteiger partial charge in [0.1, 0.15) is 0 Å². The number of hydrogen-bond acceptors (Lipinski definition) is 3. The summed E-state index contributed by atoms with van der Waals surface area (Å²) in [4.78, 5) is 2.03. The molecule has 14 heavy (non-hydrogen) atoms. The summed E-state index contributed by atoms with van der Waals surface area (Å²) in [6, 6.07) is 1.84. The first kappa shape index (κ1) is 12.2. The predicted molar refractivity (Wildman–Crippen MR) is 62.8 cm³/mol. The fraction of sp³-hybridized carbons (Fsp3) is 1.00. The first-order valence-corrected chi connectivity index (χ1v) is 7.51. The van der Waals surface area contributed by atoms with Crippen LogP contribution in [-0.4, -0.2) is 47.8 Å². The van der Waals surface area contributed by atoms with E-state index in [2.05, 4.69) is 13.8 Å². The molecule has 1 atom stereocenters. The molecule has 0 amide bonds. The van der Waals surface area contributed by atoms with Crippen molar-refractivity contribution in [3.63, 3.8) is 0 Å². The third-order valence-electron chi connectivity index (χ3n) is 2.75. The first-order valence-electron chi connectivity index (χ1n) is 5.85. The van der Waals surface area contributed by atoms with Crippen molar-refractivity contribution >= 4 is 8.56 Å². The average Bonchev–Trinajstić information content (AvgIpc) is 2.30. The molecule has 0 rings (SSSR count). The Morgan fingerprint density at radius 2 is 1.86 bits per heavy atom. The minimum absolute atomic E-state index is 0.140. The molecular weight excluding hydrogens is 194 g/mol. The number of hydrogen-bond donors (Lipinski definition) is 0. The Labute approximate surface area is 91.0 Å². The molecule has 0 aromatic rings. The lowest BCUT2D eigenvalue weighted by molar-refractivity contribution is 0.238. The molecular formula is C10H25NO2Si. The Morgan fingerprint density at radius 3 is 2.21 bits per heavy atom. The van der Waals surface area contributed by atoms with E-state index in [1.54, 1.807) is 14.2 Å². The highest BCUT2D eigenvalue weighted by Gasteiger charge is 2.32. The van der Waals surface area contributed by atoms with Crippen molar-refractivity contribution in [2.24, 2.45) is 0 Å². The summed E-state index contributed by atoms with van der Waals surface area (Å²) in [7, 11) is 3.44. The van der Waals surface area contributed by atoms with Crippen LogP contribution in [0.5, 0.6) is 0 Å². The quantitative estimate of drug-likeness (QED) is 0.585. The van der Waals surface area contributed by atoms with Crippen molar-refractivity contribution in [2.45, 2.75) is 32.4 Å². The molecule has 0 N–H and O–H groups in total. The SMILES string of the molecule is [2H]C(CC[Si](CC)(OC)OC)N(C)CC. The highest BCUT2D eigenvalue weighted by atomic mass is 28.4. The standard InChI is InChI=1S/C10H25NO2Si/c1-6-11(3)9-8-10-14(7-2,12-4)13-5/h6-10H2,1-5H3/i9D. The fourth-order valence-electron chi connectivity index (χ4n) is 1.39. The molecule has 0 spiro atoms. The minimum Gasteiger partial charge on any atom is -0.398 e. The highest BCUT2D eigenvalue weighted by Crippen LogP contribution is 2.18. The predicted octanol–water partition coefficient (Wildman–Crippen LogP) is 2.08. The van der Waals surface area contributed by atoms with Gasteiger partial charge in [-0.25, -0.2) is 0 Å².